The molecule has 1 aliphatic heterocycles. The predicted molar refractivity (Wildman–Crippen MR) is 127 cm³/mol. The van der Waals surface area contributed by atoms with Crippen molar-refractivity contribution in [3.63, 3.8) is 0 Å². The molecule has 0 aliphatic carbocycles. The molecule has 6 nitrogen and oxygen atoms in total. The van der Waals surface area contributed by atoms with Gasteiger partial charge in [0.1, 0.15) is 5.69 Å². The summed E-state index contributed by atoms with van der Waals surface area (Å²) in [6.45, 7) is 5.12. The number of carbonyl (C=O) groups excluding carboxylic acids is 1. The van der Waals surface area contributed by atoms with Crippen LogP contribution < -0.4 is 0 Å². The molecule has 2 heterocycles. The quantitative estimate of drug-likeness (QED) is 0.496. The Labute approximate surface area is 198 Å². The lowest BCUT2D eigenvalue weighted by atomic mass is 9.99. The Hall–Kier alpha value is -2.41. The standard InChI is InChI=1S/C24H27Cl2N5O/c1-17(23-21(25)9-6-10-22(23)26)24(32)29(2)14-19-15-31(28-27-19)20-11-12-30(16-20)13-18-7-4-3-5-8-18/h3-10,15,17,20H,11-14,16H2,1-2H3. The molecule has 0 bridgehead atoms. The number of hydrogen-bond donors (Lipinski definition) is 0. The van der Waals surface area contributed by atoms with Crippen molar-refractivity contribution < 1.29 is 4.79 Å². The average molecular weight is 472 g/mol. The minimum absolute atomic E-state index is 0.0653. The maximum atomic E-state index is 13.0. The van der Waals surface area contributed by atoms with E-state index in [1.54, 1.807) is 30.1 Å². The number of likely N-dealkylation sites (N-methyl/N-ethyl adjacent to an activating group) is 1. The summed E-state index contributed by atoms with van der Waals surface area (Å²) in [5, 5.41) is 9.65. The lowest BCUT2D eigenvalue weighted by Gasteiger charge is -2.22. The van der Waals surface area contributed by atoms with Crippen molar-refractivity contribution in [1.29, 1.82) is 0 Å². The molecular formula is C24H27Cl2N5O. The highest BCUT2D eigenvalue weighted by Gasteiger charge is 2.27. The van der Waals surface area contributed by atoms with E-state index in [0.29, 0.717) is 28.2 Å². The van der Waals surface area contributed by atoms with Gasteiger partial charge in [0.2, 0.25) is 5.91 Å². The largest absolute Gasteiger partial charge is 0.339 e. The summed E-state index contributed by atoms with van der Waals surface area (Å²) in [5.41, 5.74) is 2.74. The predicted octanol–water partition coefficient (Wildman–Crippen LogP) is 4.79. The van der Waals surface area contributed by atoms with Crippen LogP contribution in [0.3, 0.4) is 0 Å². The summed E-state index contributed by atoms with van der Waals surface area (Å²) in [4.78, 5) is 17.1. The van der Waals surface area contributed by atoms with Gasteiger partial charge in [-0.3, -0.25) is 9.69 Å². The Morgan fingerprint density at radius 1 is 1.16 bits per heavy atom. The Morgan fingerprint density at radius 3 is 2.59 bits per heavy atom. The Morgan fingerprint density at radius 2 is 1.88 bits per heavy atom. The Bertz CT molecular complexity index is 1050. The first-order valence-corrected chi connectivity index (χ1v) is 11.5. The molecule has 0 N–H and O–H groups in total. The smallest absolute Gasteiger partial charge is 0.230 e. The van der Waals surface area contributed by atoms with Crippen molar-refractivity contribution in [2.24, 2.45) is 0 Å². The van der Waals surface area contributed by atoms with Gasteiger partial charge in [0.25, 0.3) is 0 Å². The molecule has 2 atom stereocenters. The summed E-state index contributed by atoms with van der Waals surface area (Å²) >= 11 is 12.6. The Kier molecular flexibility index (Phi) is 7.13. The van der Waals surface area contributed by atoms with E-state index in [0.717, 1.165) is 31.7 Å². The zero-order valence-corrected chi connectivity index (χ0v) is 19.8. The van der Waals surface area contributed by atoms with Crippen molar-refractivity contribution in [2.75, 3.05) is 20.1 Å². The summed E-state index contributed by atoms with van der Waals surface area (Å²) < 4.78 is 1.94. The molecule has 2 unspecified atom stereocenters. The third-order valence-corrected chi connectivity index (χ3v) is 6.67. The Balaban J connectivity index is 1.35. The highest BCUT2D eigenvalue weighted by atomic mass is 35.5. The van der Waals surface area contributed by atoms with Crippen LogP contribution in [0, 0.1) is 0 Å². The van der Waals surface area contributed by atoms with Crippen LogP contribution in [0.5, 0.6) is 0 Å². The second-order valence-electron chi connectivity index (χ2n) is 8.40. The molecule has 0 saturated carbocycles. The molecule has 1 saturated heterocycles. The topological polar surface area (TPSA) is 54.3 Å². The van der Waals surface area contributed by atoms with Gasteiger partial charge in [-0.1, -0.05) is 64.8 Å². The van der Waals surface area contributed by atoms with Crippen molar-refractivity contribution >= 4 is 29.1 Å². The molecule has 0 spiro atoms. The van der Waals surface area contributed by atoms with Crippen LogP contribution in [-0.2, 0) is 17.9 Å². The summed E-state index contributed by atoms with van der Waals surface area (Å²) in [6.07, 6.45) is 2.99. The van der Waals surface area contributed by atoms with Gasteiger partial charge >= 0.3 is 0 Å². The summed E-state index contributed by atoms with van der Waals surface area (Å²) in [5.74, 6) is -0.512. The normalized spacial score (nSPS) is 17.4. The fraction of sp³-hybridized carbons (Fsp3) is 0.375. The van der Waals surface area contributed by atoms with Crippen molar-refractivity contribution in [3.8, 4) is 0 Å². The number of likely N-dealkylation sites (tertiary alicyclic amines) is 1. The monoisotopic (exact) mass is 471 g/mol. The minimum Gasteiger partial charge on any atom is -0.339 e. The third-order valence-electron chi connectivity index (χ3n) is 6.01. The van der Waals surface area contributed by atoms with Gasteiger partial charge in [0, 0.05) is 42.3 Å². The molecule has 1 aliphatic rings. The number of halogens is 2. The third kappa shape index (κ3) is 5.14. The highest BCUT2D eigenvalue weighted by molar-refractivity contribution is 6.36. The number of amides is 1. The van der Waals surface area contributed by atoms with Crippen LogP contribution in [0.2, 0.25) is 10.0 Å². The van der Waals surface area contributed by atoms with Gasteiger partial charge in [-0.15, -0.1) is 5.10 Å². The van der Waals surface area contributed by atoms with E-state index >= 15 is 0 Å². The highest BCUT2D eigenvalue weighted by Crippen LogP contribution is 2.32. The van der Waals surface area contributed by atoms with Gasteiger partial charge in [0.05, 0.1) is 24.7 Å². The number of nitrogens with zero attached hydrogens (tertiary/aromatic N) is 5. The van der Waals surface area contributed by atoms with E-state index in [-0.39, 0.29) is 5.91 Å². The van der Waals surface area contributed by atoms with Crippen molar-refractivity contribution in [1.82, 2.24) is 24.8 Å². The number of hydrogen-bond acceptors (Lipinski definition) is 4. The van der Waals surface area contributed by atoms with E-state index < -0.39 is 5.92 Å². The number of rotatable bonds is 7. The lowest BCUT2D eigenvalue weighted by Crippen LogP contribution is -2.30. The molecule has 32 heavy (non-hydrogen) atoms. The van der Waals surface area contributed by atoms with Gasteiger partial charge in [-0.2, -0.15) is 0 Å². The van der Waals surface area contributed by atoms with Gasteiger partial charge < -0.3 is 4.90 Å². The fourth-order valence-electron chi connectivity index (χ4n) is 4.28. The van der Waals surface area contributed by atoms with E-state index in [4.69, 9.17) is 23.2 Å². The second-order valence-corrected chi connectivity index (χ2v) is 9.22. The maximum absolute atomic E-state index is 13.0. The van der Waals surface area contributed by atoms with Gasteiger partial charge in [-0.25, -0.2) is 4.68 Å². The first kappa shape index (κ1) is 22.8. The molecule has 1 amide bonds. The zero-order valence-electron chi connectivity index (χ0n) is 18.3. The molecule has 4 rings (SSSR count). The van der Waals surface area contributed by atoms with Crippen molar-refractivity contribution in [3.05, 3.63) is 81.6 Å². The van der Waals surface area contributed by atoms with E-state index in [1.807, 2.05) is 23.9 Å². The maximum Gasteiger partial charge on any atom is 0.230 e. The number of carbonyl (C=O) groups is 1. The molecule has 168 valence electrons. The van der Waals surface area contributed by atoms with Crippen LogP contribution in [-0.4, -0.2) is 50.8 Å². The number of benzene rings is 2. The minimum atomic E-state index is -0.447. The molecule has 8 heteroatoms. The number of aromatic nitrogens is 3. The van der Waals surface area contributed by atoms with E-state index in [2.05, 4.69) is 39.5 Å². The van der Waals surface area contributed by atoms with Gasteiger partial charge in [0.15, 0.2) is 0 Å². The first-order valence-electron chi connectivity index (χ1n) is 10.8. The first-order chi connectivity index (χ1) is 15.4. The average Bonchev–Trinajstić information content (AvgIpc) is 3.43. The molecule has 3 aromatic rings. The molecule has 0 radical (unpaired) electrons. The molecule has 1 aromatic heterocycles. The van der Waals surface area contributed by atoms with E-state index in [9.17, 15) is 4.79 Å². The van der Waals surface area contributed by atoms with Crippen LogP contribution in [0.15, 0.2) is 54.7 Å². The molecular weight excluding hydrogens is 445 g/mol. The fourth-order valence-corrected chi connectivity index (χ4v) is 5.00. The summed E-state index contributed by atoms with van der Waals surface area (Å²) in [6, 6.07) is 16.1. The lowest BCUT2D eigenvalue weighted by molar-refractivity contribution is -0.131. The summed E-state index contributed by atoms with van der Waals surface area (Å²) in [7, 11) is 1.76. The van der Waals surface area contributed by atoms with Crippen LogP contribution >= 0.6 is 23.2 Å². The van der Waals surface area contributed by atoms with Crippen LogP contribution in [0.4, 0.5) is 0 Å². The second kappa shape index (κ2) is 10.0. The van der Waals surface area contributed by atoms with E-state index in [1.165, 1.54) is 5.56 Å². The SMILES string of the molecule is CC(C(=O)N(C)Cc1cn(C2CCN(Cc3ccccc3)C2)nn1)c1c(Cl)cccc1Cl. The van der Waals surface area contributed by atoms with Crippen LogP contribution in [0.25, 0.3) is 0 Å². The van der Waals surface area contributed by atoms with Gasteiger partial charge in [-0.05, 0) is 31.0 Å². The molecule has 2 aromatic carbocycles. The molecule has 1 fully saturated rings. The van der Waals surface area contributed by atoms with Crippen LogP contribution in [0.1, 0.15) is 42.1 Å². The zero-order chi connectivity index (χ0) is 22.7. The van der Waals surface area contributed by atoms with Crippen molar-refractivity contribution in [2.45, 2.75) is 38.4 Å².